The summed E-state index contributed by atoms with van der Waals surface area (Å²) < 4.78 is 27.2. The van der Waals surface area contributed by atoms with Gasteiger partial charge in [0, 0.05) is 16.3 Å². The molecular formula is C15H18INO3S. The summed E-state index contributed by atoms with van der Waals surface area (Å²) in [5, 5.41) is 0. The summed E-state index contributed by atoms with van der Waals surface area (Å²) in [6.07, 6.45) is 3.22. The summed E-state index contributed by atoms with van der Waals surface area (Å²) >= 11 is 2.37. The molecule has 1 aliphatic heterocycles. The van der Waals surface area contributed by atoms with Gasteiger partial charge in [-0.05, 0) is 31.9 Å². The highest BCUT2D eigenvalue weighted by Crippen LogP contribution is 2.42. The highest BCUT2D eigenvalue weighted by molar-refractivity contribution is 14.1. The molecule has 0 radical (unpaired) electrons. The lowest BCUT2D eigenvalue weighted by Crippen LogP contribution is -2.43. The lowest BCUT2D eigenvalue weighted by Gasteiger charge is -2.33. The molecule has 1 saturated carbocycles. The Morgan fingerprint density at radius 1 is 1.19 bits per heavy atom. The predicted octanol–water partition coefficient (Wildman–Crippen LogP) is 2.89. The van der Waals surface area contributed by atoms with Crippen molar-refractivity contribution in [2.24, 2.45) is 5.92 Å². The van der Waals surface area contributed by atoms with Gasteiger partial charge in [0.25, 0.3) is 10.0 Å². The average molecular weight is 419 g/mol. The highest BCUT2D eigenvalue weighted by Gasteiger charge is 2.49. The molecule has 0 aromatic heterocycles. The predicted molar refractivity (Wildman–Crippen MR) is 88.8 cm³/mol. The second-order valence-corrected chi connectivity index (χ2v) is 9.30. The van der Waals surface area contributed by atoms with Gasteiger partial charge in [-0.2, -0.15) is 0 Å². The van der Waals surface area contributed by atoms with Crippen LogP contribution < -0.4 is 0 Å². The Morgan fingerprint density at radius 3 is 2.52 bits per heavy atom. The second kappa shape index (κ2) is 5.53. The van der Waals surface area contributed by atoms with Crippen molar-refractivity contribution >= 4 is 38.5 Å². The molecule has 1 aromatic rings. The van der Waals surface area contributed by atoms with Gasteiger partial charge in [-0.3, -0.25) is 4.79 Å². The number of hydrogen-bond donors (Lipinski definition) is 0. The molecule has 0 unspecified atom stereocenters. The van der Waals surface area contributed by atoms with Crippen LogP contribution in [0.15, 0.2) is 29.2 Å². The van der Waals surface area contributed by atoms with E-state index in [4.69, 9.17) is 0 Å². The van der Waals surface area contributed by atoms with Crippen molar-refractivity contribution in [2.45, 2.75) is 47.5 Å². The number of sulfonamides is 1. The van der Waals surface area contributed by atoms with Crippen LogP contribution in [0.5, 0.6) is 0 Å². The zero-order valence-electron chi connectivity index (χ0n) is 11.8. The first-order valence-electron chi connectivity index (χ1n) is 7.19. The molecule has 1 heterocycles. The van der Waals surface area contributed by atoms with Gasteiger partial charge < -0.3 is 0 Å². The number of benzene rings is 1. The maximum absolute atomic E-state index is 12.8. The van der Waals surface area contributed by atoms with Gasteiger partial charge in [0.2, 0.25) is 5.91 Å². The van der Waals surface area contributed by atoms with Gasteiger partial charge in [0.1, 0.15) is 0 Å². The van der Waals surface area contributed by atoms with Gasteiger partial charge in [-0.25, -0.2) is 12.7 Å². The van der Waals surface area contributed by atoms with Crippen LogP contribution in [0.25, 0.3) is 0 Å². The first-order valence-corrected chi connectivity index (χ1v) is 9.88. The van der Waals surface area contributed by atoms with E-state index < -0.39 is 10.0 Å². The second-order valence-electron chi connectivity index (χ2n) is 5.89. The van der Waals surface area contributed by atoms with Gasteiger partial charge in [-0.15, -0.1) is 0 Å². The van der Waals surface area contributed by atoms with E-state index in [9.17, 15) is 13.2 Å². The van der Waals surface area contributed by atoms with Crippen molar-refractivity contribution in [2.75, 3.05) is 0 Å². The van der Waals surface area contributed by atoms with E-state index in [1.807, 2.05) is 6.92 Å². The third-order valence-electron chi connectivity index (χ3n) is 4.47. The van der Waals surface area contributed by atoms with Gasteiger partial charge in [-0.1, -0.05) is 46.7 Å². The van der Waals surface area contributed by atoms with E-state index in [-0.39, 0.29) is 22.8 Å². The van der Waals surface area contributed by atoms with E-state index in [1.54, 1.807) is 24.3 Å². The Morgan fingerprint density at radius 2 is 1.86 bits per heavy atom. The van der Waals surface area contributed by atoms with Crippen molar-refractivity contribution in [3.63, 3.8) is 0 Å². The van der Waals surface area contributed by atoms with E-state index >= 15 is 0 Å². The lowest BCUT2D eigenvalue weighted by atomic mass is 9.85. The molecular weight excluding hydrogens is 401 g/mol. The maximum atomic E-state index is 12.8. The van der Waals surface area contributed by atoms with Crippen LogP contribution in [0.4, 0.5) is 0 Å². The largest absolute Gasteiger partial charge is 0.274 e. The lowest BCUT2D eigenvalue weighted by molar-refractivity contribution is -0.124. The fourth-order valence-corrected chi connectivity index (χ4v) is 6.20. The minimum atomic E-state index is -3.72. The Bertz CT molecular complexity index is 656. The first-order chi connectivity index (χ1) is 9.91. The molecule has 6 heteroatoms. The minimum absolute atomic E-state index is 0.153. The van der Waals surface area contributed by atoms with Gasteiger partial charge in [0.05, 0.1) is 10.9 Å². The third-order valence-corrected chi connectivity index (χ3v) is 7.88. The number of carbonyl (C=O) groups is 1. The number of carbonyl (C=O) groups excluding carboxylic acids is 1. The summed E-state index contributed by atoms with van der Waals surface area (Å²) in [7, 11) is -3.72. The van der Waals surface area contributed by atoms with Crippen LogP contribution >= 0.6 is 22.6 Å². The van der Waals surface area contributed by atoms with Crippen LogP contribution in [0.2, 0.25) is 0 Å². The summed E-state index contributed by atoms with van der Waals surface area (Å²) in [6, 6.07) is 6.57. The van der Waals surface area contributed by atoms with Crippen molar-refractivity contribution < 1.29 is 13.2 Å². The van der Waals surface area contributed by atoms with Crippen LogP contribution in [-0.4, -0.2) is 28.6 Å². The quantitative estimate of drug-likeness (QED) is 0.547. The normalized spacial score (nSPS) is 29.5. The van der Waals surface area contributed by atoms with Crippen molar-refractivity contribution in [1.82, 2.24) is 4.31 Å². The number of alkyl halides is 1. The maximum Gasteiger partial charge on any atom is 0.266 e. The smallest absolute Gasteiger partial charge is 0.266 e. The molecule has 0 spiro atoms. The fourth-order valence-electron chi connectivity index (χ4n) is 3.36. The van der Waals surface area contributed by atoms with Crippen molar-refractivity contribution in [3.8, 4) is 0 Å². The van der Waals surface area contributed by atoms with E-state index in [1.165, 1.54) is 4.31 Å². The topological polar surface area (TPSA) is 54.5 Å². The van der Waals surface area contributed by atoms with Crippen LogP contribution in [-0.2, 0) is 14.8 Å². The Labute approximate surface area is 139 Å². The zero-order chi connectivity index (χ0) is 15.2. The molecule has 21 heavy (non-hydrogen) atoms. The summed E-state index contributed by atoms with van der Waals surface area (Å²) in [6.45, 7) is 1.91. The molecule has 1 aliphatic carbocycles. The van der Waals surface area contributed by atoms with E-state index in [2.05, 4.69) is 22.6 Å². The summed E-state index contributed by atoms with van der Waals surface area (Å²) in [5.74, 6) is -0.0683. The number of amides is 1. The molecule has 3 atom stereocenters. The Kier molecular flexibility index (Phi) is 4.02. The molecule has 2 aliphatic rings. The number of halogens is 1. The Hall–Kier alpha value is -0.630. The molecule has 2 fully saturated rings. The minimum Gasteiger partial charge on any atom is -0.274 e. The molecule has 1 saturated heterocycles. The SMILES string of the molecule is Cc1ccc(S(=O)(=O)N2C(=O)C[C@@H]3[C@@H](I)CCC[C@@H]32)cc1. The van der Waals surface area contributed by atoms with Gasteiger partial charge in [0.15, 0.2) is 0 Å². The molecule has 4 nitrogen and oxygen atoms in total. The number of nitrogens with zero attached hydrogens (tertiary/aromatic N) is 1. The molecule has 0 bridgehead atoms. The van der Waals surface area contributed by atoms with Crippen molar-refractivity contribution in [1.29, 1.82) is 0 Å². The Balaban J connectivity index is 1.98. The monoisotopic (exact) mass is 419 g/mol. The molecule has 1 amide bonds. The summed E-state index contributed by atoms with van der Waals surface area (Å²) in [4.78, 5) is 12.5. The fraction of sp³-hybridized carbons (Fsp3) is 0.533. The number of rotatable bonds is 2. The molecule has 114 valence electrons. The third kappa shape index (κ3) is 2.60. The summed E-state index contributed by atoms with van der Waals surface area (Å²) in [5.41, 5.74) is 1.00. The van der Waals surface area contributed by atoms with Crippen LogP contribution in [0.3, 0.4) is 0 Å². The molecule has 0 N–H and O–H groups in total. The molecule has 1 aromatic carbocycles. The molecule has 3 rings (SSSR count). The average Bonchev–Trinajstić information content (AvgIpc) is 2.77. The first kappa shape index (κ1) is 15.3. The van der Waals surface area contributed by atoms with Crippen LogP contribution in [0, 0.1) is 12.8 Å². The van der Waals surface area contributed by atoms with Crippen LogP contribution in [0.1, 0.15) is 31.2 Å². The van der Waals surface area contributed by atoms with Gasteiger partial charge >= 0.3 is 0 Å². The number of hydrogen-bond acceptors (Lipinski definition) is 3. The zero-order valence-corrected chi connectivity index (χ0v) is 14.8. The van der Waals surface area contributed by atoms with Crippen molar-refractivity contribution in [3.05, 3.63) is 29.8 Å². The number of fused-ring (bicyclic) bond motifs is 1. The van der Waals surface area contributed by atoms with E-state index in [0.29, 0.717) is 10.3 Å². The van der Waals surface area contributed by atoms with E-state index in [0.717, 1.165) is 24.8 Å². The highest BCUT2D eigenvalue weighted by atomic mass is 127. The number of aryl methyl sites for hydroxylation is 1. The standard InChI is InChI=1S/C15H18INO3S/c1-10-5-7-11(8-6-10)21(19,20)17-14-4-2-3-13(16)12(14)9-15(17)18/h5-8,12-14H,2-4,9H2,1H3/t12-,13+,14+/m1/s1.